The molecule has 0 fully saturated rings. The Morgan fingerprint density at radius 2 is 2.18 bits per heavy atom. The molecule has 0 saturated heterocycles. The van der Waals surface area contributed by atoms with Gasteiger partial charge < -0.3 is 5.11 Å². The second-order valence-electron chi connectivity index (χ2n) is 2.16. The first-order chi connectivity index (χ1) is 4.98. The van der Waals surface area contributed by atoms with Crippen LogP contribution in [0, 0.1) is 0 Å². The number of hydrogen-bond donors (Lipinski definition) is 1. The lowest BCUT2D eigenvalue weighted by Gasteiger charge is -1.91. The third-order valence-electron chi connectivity index (χ3n) is 0.998. The van der Waals surface area contributed by atoms with Gasteiger partial charge in [-0.3, -0.25) is 13.8 Å². The highest BCUT2D eigenvalue weighted by molar-refractivity contribution is 8.12. The van der Waals surface area contributed by atoms with Crippen molar-refractivity contribution in [2.45, 2.75) is 12.8 Å². The molecule has 0 saturated carbocycles. The summed E-state index contributed by atoms with van der Waals surface area (Å²) in [6.07, 6.45) is 1.37. The summed E-state index contributed by atoms with van der Waals surface area (Å²) in [5.41, 5.74) is 0.342. The van der Waals surface area contributed by atoms with E-state index in [-0.39, 0.29) is 12.8 Å². The fourth-order valence-corrected chi connectivity index (χ4v) is 1.12. The normalized spacial score (nSPS) is 15.0. The van der Waals surface area contributed by atoms with Crippen molar-refractivity contribution in [1.82, 2.24) is 0 Å². The van der Waals surface area contributed by atoms with E-state index in [1.54, 1.807) is 0 Å². The summed E-state index contributed by atoms with van der Waals surface area (Å²) in [6, 6.07) is 0. The van der Waals surface area contributed by atoms with E-state index in [9.17, 15) is 13.8 Å². The summed E-state index contributed by atoms with van der Waals surface area (Å²) in [7, 11) is -2.53. The summed E-state index contributed by atoms with van der Waals surface area (Å²) >= 11 is 0. The van der Waals surface area contributed by atoms with E-state index in [0.29, 0.717) is 5.62 Å². The Morgan fingerprint density at radius 3 is 2.55 bits per heavy atom. The van der Waals surface area contributed by atoms with Gasteiger partial charge in [0.15, 0.2) is 5.62 Å². The third kappa shape index (κ3) is 5.60. The first-order valence-corrected chi connectivity index (χ1v) is 5.06. The van der Waals surface area contributed by atoms with Crippen molar-refractivity contribution < 1.29 is 18.9 Å². The highest BCUT2D eigenvalue weighted by Gasteiger charge is 1.97. The molecule has 5 heteroatoms. The predicted octanol–water partition coefficient (Wildman–Crippen LogP) is -0.242. The zero-order valence-corrected chi connectivity index (χ0v) is 6.97. The molecule has 0 rings (SSSR count). The Labute approximate surface area is 65.2 Å². The van der Waals surface area contributed by atoms with E-state index >= 15 is 0 Å². The van der Waals surface area contributed by atoms with Gasteiger partial charge in [-0.1, -0.05) is 0 Å². The minimum atomic E-state index is -2.53. The standard InChI is InChI=1S/C6H10O4S/c1-11(10,5-7)4-2-3-6(8)9/h4-5H,2-3H2,1H3,(H,8,9). The fourth-order valence-electron chi connectivity index (χ4n) is 0.456. The average Bonchev–Trinajstić information content (AvgIpc) is 1.87. The van der Waals surface area contributed by atoms with Gasteiger partial charge >= 0.3 is 5.97 Å². The Kier molecular flexibility index (Phi) is 3.81. The molecule has 0 spiro atoms. The average molecular weight is 178 g/mol. The number of rotatable bonds is 4. The zero-order valence-electron chi connectivity index (χ0n) is 6.15. The molecule has 0 aliphatic heterocycles. The van der Waals surface area contributed by atoms with Gasteiger partial charge in [0.1, 0.15) is 0 Å². The lowest BCUT2D eigenvalue weighted by atomic mass is 10.3. The van der Waals surface area contributed by atoms with Gasteiger partial charge in [0.05, 0.1) is 0 Å². The van der Waals surface area contributed by atoms with Crippen molar-refractivity contribution in [3.63, 3.8) is 0 Å². The first kappa shape index (κ1) is 10.2. The van der Waals surface area contributed by atoms with Crippen LogP contribution in [-0.4, -0.2) is 32.5 Å². The van der Waals surface area contributed by atoms with Crippen LogP contribution in [0.2, 0.25) is 0 Å². The van der Waals surface area contributed by atoms with Crippen molar-refractivity contribution in [3.05, 3.63) is 0 Å². The maximum absolute atomic E-state index is 10.9. The van der Waals surface area contributed by atoms with E-state index < -0.39 is 15.5 Å². The molecule has 1 N–H and O–H groups in total. The monoisotopic (exact) mass is 178 g/mol. The van der Waals surface area contributed by atoms with Crippen LogP contribution < -0.4 is 0 Å². The molecule has 11 heavy (non-hydrogen) atoms. The van der Waals surface area contributed by atoms with Crippen molar-refractivity contribution in [2.75, 3.05) is 6.26 Å². The SMILES string of the molecule is CS(=O)(C=O)=CCCC(=O)O. The summed E-state index contributed by atoms with van der Waals surface area (Å²) in [5.74, 6) is -0.956. The number of carboxylic acid groups (broad SMARTS) is 1. The van der Waals surface area contributed by atoms with Crippen LogP contribution >= 0.6 is 0 Å². The number of carbonyl (C=O) groups excluding carboxylic acids is 1. The molecule has 0 radical (unpaired) electrons. The van der Waals surface area contributed by atoms with E-state index in [0.717, 1.165) is 0 Å². The molecule has 64 valence electrons. The maximum Gasteiger partial charge on any atom is 0.303 e. The maximum atomic E-state index is 10.9. The molecule has 4 nitrogen and oxygen atoms in total. The first-order valence-electron chi connectivity index (χ1n) is 2.97. The Hall–Kier alpha value is -0.840. The molecule has 0 aromatic heterocycles. The molecule has 0 amide bonds. The van der Waals surface area contributed by atoms with Gasteiger partial charge in [0.2, 0.25) is 0 Å². The van der Waals surface area contributed by atoms with Crippen LogP contribution in [0.3, 0.4) is 0 Å². The van der Waals surface area contributed by atoms with Crippen molar-refractivity contribution >= 4 is 26.5 Å². The van der Waals surface area contributed by atoms with Crippen LogP contribution in [0.15, 0.2) is 0 Å². The topological polar surface area (TPSA) is 71.4 Å². The van der Waals surface area contributed by atoms with E-state index in [1.807, 2.05) is 0 Å². The van der Waals surface area contributed by atoms with E-state index in [2.05, 4.69) is 0 Å². The quantitative estimate of drug-likeness (QED) is 0.476. The smallest absolute Gasteiger partial charge is 0.303 e. The molecule has 0 aromatic carbocycles. The van der Waals surface area contributed by atoms with Gasteiger partial charge in [0.25, 0.3) is 0 Å². The second kappa shape index (κ2) is 4.12. The second-order valence-corrected chi connectivity index (χ2v) is 4.62. The minimum Gasteiger partial charge on any atom is -0.481 e. The van der Waals surface area contributed by atoms with Crippen LogP contribution in [0.4, 0.5) is 0 Å². The van der Waals surface area contributed by atoms with Gasteiger partial charge in [0, 0.05) is 22.2 Å². The molecule has 0 aromatic rings. The van der Waals surface area contributed by atoms with Crippen LogP contribution in [0.5, 0.6) is 0 Å². The molecule has 0 aliphatic rings. The molecule has 0 bridgehead atoms. The lowest BCUT2D eigenvalue weighted by Crippen LogP contribution is -2.03. The van der Waals surface area contributed by atoms with Gasteiger partial charge in [-0.05, 0) is 11.8 Å². The molecule has 0 aliphatic carbocycles. The molecular weight excluding hydrogens is 168 g/mol. The number of carboxylic acids is 1. The molecule has 0 heterocycles. The van der Waals surface area contributed by atoms with Gasteiger partial charge in [-0.15, -0.1) is 0 Å². The Morgan fingerprint density at radius 1 is 1.64 bits per heavy atom. The van der Waals surface area contributed by atoms with Crippen molar-refractivity contribution in [1.29, 1.82) is 0 Å². The third-order valence-corrected chi connectivity index (χ3v) is 2.28. The molecule has 1 atom stereocenters. The molecule has 1 unspecified atom stereocenters. The van der Waals surface area contributed by atoms with Gasteiger partial charge in [-0.2, -0.15) is 0 Å². The van der Waals surface area contributed by atoms with E-state index in [1.165, 1.54) is 11.6 Å². The summed E-state index contributed by atoms with van der Waals surface area (Å²) in [5, 5.41) is 9.43. The number of hydrogen-bond acceptors (Lipinski definition) is 3. The fraction of sp³-hybridized carbons (Fsp3) is 0.500. The minimum absolute atomic E-state index is 0.0847. The highest BCUT2D eigenvalue weighted by Crippen LogP contribution is 1.87. The summed E-state index contributed by atoms with van der Waals surface area (Å²) in [6.45, 7) is 0. The largest absolute Gasteiger partial charge is 0.481 e. The van der Waals surface area contributed by atoms with E-state index in [4.69, 9.17) is 5.11 Å². The van der Waals surface area contributed by atoms with Crippen molar-refractivity contribution in [2.24, 2.45) is 0 Å². The highest BCUT2D eigenvalue weighted by atomic mass is 32.2. The lowest BCUT2D eigenvalue weighted by molar-refractivity contribution is -0.136. The number of carbonyl (C=O) groups is 2. The van der Waals surface area contributed by atoms with Crippen LogP contribution in [-0.2, 0) is 19.1 Å². The summed E-state index contributed by atoms with van der Waals surface area (Å²) in [4.78, 5) is 20.0. The Balaban J connectivity index is 4.04. The molecular formula is C6H10O4S. The number of aliphatic carboxylic acids is 1. The van der Waals surface area contributed by atoms with Crippen LogP contribution in [0.25, 0.3) is 0 Å². The Bertz CT molecular complexity index is 260. The van der Waals surface area contributed by atoms with Gasteiger partial charge in [-0.25, -0.2) is 0 Å². The summed E-state index contributed by atoms with van der Waals surface area (Å²) < 4.78 is 10.9. The zero-order chi connectivity index (χ0) is 8.91. The van der Waals surface area contributed by atoms with Crippen molar-refractivity contribution in [3.8, 4) is 0 Å². The van der Waals surface area contributed by atoms with Crippen LogP contribution in [0.1, 0.15) is 12.8 Å². The predicted molar refractivity (Wildman–Crippen MR) is 43.8 cm³/mol.